The zero-order chi connectivity index (χ0) is 20.4. The van der Waals surface area contributed by atoms with Crippen molar-refractivity contribution >= 4 is 17.4 Å². The minimum atomic E-state index is -0.475. The quantitative estimate of drug-likeness (QED) is 0.392. The number of fused-ring (bicyclic) bond motifs is 1. The summed E-state index contributed by atoms with van der Waals surface area (Å²) in [5.74, 6) is -0.480. The van der Waals surface area contributed by atoms with Gasteiger partial charge in [-0.3, -0.25) is 20.0 Å². The number of ether oxygens (including phenoxy) is 1. The Morgan fingerprint density at radius 3 is 2.69 bits per heavy atom. The van der Waals surface area contributed by atoms with Crippen LogP contribution >= 0.6 is 0 Å². The summed E-state index contributed by atoms with van der Waals surface area (Å²) in [4.78, 5) is 24.6. The Morgan fingerprint density at radius 1 is 1.10 bits per heavy atom. The molecule has 0 saturated carbocycles. The predicted octanol–water partition coefficient (Wildman–Crippen LogP) is 2.19. The lowest BCUT2D eigenvalue weighted by Crippen LogP contribution is -2.37. The van der Waals surface area contributed by atoms with Crippen molar-refractivity contribution in [3.8, 4) is 22.6 Å². The summed E-state index contributed by atoms with van der Waals surface area (Å²) in [6, 6.07) is 10.3. The van der Waals surface area contributed by atoms with Crippen LogP contribution in [-0.4, -0.2) is 34.2 Å². The predicted molar refractivity (Wildman–Crippen MR) is 106 cm³/mol. The maximum Gasteiger partial charge on any atom is 0.260 e. The first-order valence-electron chi connectivity index (χ1n) is 8.85. The summed E-state index contributed by atoms with van der Waals surface area (Å²) in [6.07, 6.45) is 4.98. The molecular weight excluding hydrogens is 372 g/mol. The highest BCUT2D eigenvalue weighted by Gasteiger charge is 2.27. The van der Waals surface area contributed by atoms with E-state index in [0.29, 0.717) is 29.0 Å². The van der Waals surface area contributed by atoms with E-state index >= 15 is 0 Å². The van der Waals surface area contributed by atoms with Gasteiger partial charge in [0, 0.05) is 35.6 Å². The number of carbonyl (C=O) groups excluding carboxylic acids is 2. The fourth-order valence-corrected chi connectivity index (χ4v) is 3.17. The Hall–Kier alpha value is -4.07. The van der Waals surface area contributed by atoms with Crippen molar-refractivity contribution in [2.75, 3.05) is 7.11 Å². The molecule has 0 saturated heterocycles. The third-order valence-corrected chi connectivity index (χ3v) is 4.65. The normalized spacial score (nSPS) is 14.4. The van der Waals surface area contributed by atoms with Crippen LogP contribution in [0.25, 0.3) is 16.7 Å². The number of aromatic amines is 1. The van der Waals surface area contributed by atoms with Crippen LogP contribution in [0, 0.1) is 0 Å². The molecule has 0 aliphatic carbocycles. The summed E-state index contributed by atoms with van der Waals surface area (Å²) in [5, 5.41) is 22.0. The molecule has 146 valence electrons. The van der Waals surface area contributed by atoms with Crippen LogP contribution < -0.4 is 15.4 Å². The number of imide groups is 1. The fourth-order valence-electron chi connectivity index (χ4n) is 3.17. The van der Waals surface area contributed by atoms with Gasteiger partial charge in [-0.1, -0.05) is 12.1 Å². The Morgan fingerprint density at radius 2 is 1.97 bits per heavy atom. The van der Waals surface area contributed by atoms with E-state index in [4.69, 9.17) is 4.74 Å². The van der Waals surface area contributed by atoms with Crippen molar-refractivity contribution in [2.45, 2.75) is 6.54 Å². The number of H-pyrrole nitrogens is 1. The first-order valence-corrected chi connectivity index (χ1v) is 8.85. The number of phenolic OH excluding ortho intramolecular Hbond substituents is 1. The van der Waals surface area contributed by atoms with Gasteiger partial charge in [-0.25, -0.2) is 0 Å². The number of nitrogens with one attached hydrogen (secondary N) is 3. The molecule has 2 aromatic carbocycles. The summed E-state index contributed by atoms with van der Waals surface area (Å²) in [6.45, 7) is 0.374. The van der Waals surface area contributed by atoms with Gasteiger partial charge in [0.2, 0.25) is 0 Å². The molecule has 3 aromatic rings. The first-order chi connectivity index (χ1) is 14.1. The largest absolute Gasteiger partial charge is 0.504 e. The van der Waals surface area contributed by atoms with E-state index < -0.39 is 11.8 Å². The van der Waals surface area contributed by atoms with E-state index in [0.717, 1.165) is 16.7 Å². The van der Waals surface area contributed by atoms with E-state index in [1.165, 1.54) is 7.11 Å². The van der Waals surface area contributed by atoms with Crippen LogP contribution in [0.1, 0.15) is 21.5 Å². The molecule has 29 heavy (non-hydrogen) atoms. The van der Waals surface area contributed by atoms with Gasteiger partial charge in [-0.05, 0) is 35.4 Å². The second kappa shape index (κ2) is 7.51. The van der Waals surface area contributed by atoms with E-state index in [1.807, 2.05) is 6.07 Å². The second-order valence-corrected chi connectivity index (χ2v) is 6.48. The number of benzene rings is 2. The third-order valence-electron chi connectivity index (χ3n) is 4.65. The minimum absolute atomic E-state index is 0.0376. The van der Waals surface area contributed by atoms with Crippen molar-refractivity contribution in [1.82, 2.24) is 20.8 Å². The highest BCUT2D eigenvalue weighted by atomic mass is 16.5. The number of amides is 2. The number of nitrogens with zero attached hydrogens (tertiary/aromatic N) is 1. The number of hydrogen-bond donors (Lipinski definition) is 4. The molecule has 0 unspecified atom stereocenters. The Balaban J connectivity index is 1.62. The average Bonchev–Trinajstić information content (AvgIpc) is 3.25. The first kappa shape index (κ1) is 18.3. The van der Waals surface area contributed by atoms with E-state index in [1.54, 1.807) is 48.9 Å². The lowest BCUT2D eigenvalue weighted by Gasteiger charge is -2.19. The Kier molecular flexibility index (Phi) is 4.74. The molecule has 1 aromatic heterocycles. The van der Waals surface area contributed by atoms with Crippen molar-refractivity contribution in [3.05, 3.63) is 71.7 Å². The molecule has 0 bridgehead atoms. The zero-order valence-electron chi connectivity index (χ0n) is 15.5. The molecule has 0 spiro atoms. The average molecular weight is 390 g/mol. The molecule has 2 amide bonds. The Bertz CT molecular complexity index is 1120. The van der Waals surface area contributed by atoms with Crippen LogP contribution in [0.15, 0.2) is 55.0 Å². The number of aromatic hydroxyl groups is 1. The standard InChI is InChI=1S/C21H18N4O4/c1-29-19-5-2-12(6-18(19)26)8-22-11-17-16-7-13(14-9-23-24-10-14)3-4-15(16)20(27)25-21(17)28/h2-7,9-11,22,26H,8H2,1H3,(H,23,24)(H,25,27,28)/b17-11-. The molecule has 1 aliphatic rings. The van der Waals surface area contributed by atoms with Gasteiger partial charge in [-0.2, -0.15) is 5.10 Å². The smallest absolute Gasteiger partial charge is 0.260 e. The molecule has 0 fully saturated rings. The summed E-state index contributed by atoms with van der Waals surface area (Å²) < 4.78 is 5.03. The number of phenols is 1. The van der Waals surface area contributed by atoms with Crippen LogP contribution in [0.3, 0.4) is 0 Å². The fraction of sp³-hybridized carbons (Fsp3) is 0.0952. The molecule has 0 atom stereocenters. The van der Waals surface area contributed by atoms with Gasteiger partial charge >= 0.3 is 0 Å². The van der Waals surface area contributed by atoms with E-state index in [-0.39, 0.29) is 5.75 Å². The van der Waals surface area contributed by atoms with Crippen LogP contribution in [0.2, 0.25) is 0 Å². The molecule has 4 N–H and O–H groups in total. The van der Waals surface area contributed by atoms with Crippen LogP contribution in [0.5, 0.6) is 11.5 Å². The Labute approximate surface area is 166 Å². The van der Waals surface area contributed by atoms with E-state index in [9.17, 15) is 14.7 Å². The minimum Gasteiger partial charge on any atom is -0.504 e. The van der Waals surface area contributed by atoms with Crippen molar-refractivity contribution < 1.29 is 19.4 Å². The lowest BCUT2D eigenvalue weighted by atomic mass is 9.92. The van der Waals surface area contributed by atoms with Gasteiger partial charge in [0.05, 0.1) is 18.9 Å². The summed E-state index contributed by atoms with van der Waals surface area (Å²) in [5.41, 5.74) is 3.82. The summed E-state index contributed by atoms with van der Waals surface area (Å²) in [7, 11) is 1.48. The maximum atomic E-state index is 12.4. The van der Waals surface area contributed by atoms with Gasteiger partial charge in [0.1, 0.15) is 0 Å². The van der Waals surface area contributed by atoms with Gasteiger partial charge in [-0.15, -0.1) is 0 Å². The number of hydrogen-bond acceptors (Lipinski definition) is 6. The molecular formula is C21H18N4O4. The van der Waals surface area contributed by atoms with E-state index in [2.05, 4.69) is 20.8 Å². The summed E-state index contributed by atoms with van der Waals surface area (Å²) >= 11 is 0. The molecule has 0 radical (unpaired) electrons. The zero-order valence-corrected chi connectivity index (χ0v) is 15.5. The van der Waals surface area contributed by atoms with Crippen molar-refractivity contribution in [3.63, 3.8) is 0 Å². The highest BCUT2D eigenvalue weighted by Crippen LogP contribution is 2.29. The molecule has 2 heterocycles. The SMILES string of the molecule is COc1ccc(CN/C=C2\C(=O)NC(=O)c3ccc(-c4cn[nH]c4)cc32)cc1O. The van der Waals surface area contributed by atoms with Crippen LogP contribution in [0.4, 0.5) is 0 Å². The van der Waals surface area contributed by atoms with Crippen LogP contribution in [-0.2, 0) is 11.3 Å². The van der Waals surface area contributed by atoms with Gasteiger partial charge < -0.3 is 15.2 Å². The second-order valence-electron chi connectivity index (χ2n) is 6.48. The highest BCUT2D eigenvalue weighted by molar-refractivity contribution is 6.31. The monoisotopic (exact) mass is 390 g/mol. The third kappa shape index (κ3) is 3.55. The molecule has 1 aliphatic heterocycles. The number of methoxy groups -OCH3 is 1. The molecule has 8 nitrogen and oxygen atoms in total. The molecule has 4 rings (SSSR count). The van der Waals surface area contributed by atoms with Gasteiger partial charge in [0.25, 0.3) is 11.8 Å². The topological polar surface area (TPSA) is 116 Å². The number of aromatic nitrogens is 2. The maximum absolute atomic E-state index is 12.4. The van der Waals surface area contributed by atoms with Crippen molar-refractivity contribution in [2.24, 2.45) is 0 Å². The van der Waals surface area contributed by atoms with Gasteiger partial charge in [0.15, 0.2) is 11.5 Å². The van der Waals surface area contributed by atoms with Crippen molar-refractivity contribution in [1.29, 1.82) is 0 Å². The lowest BCUT2D eigenvalue weighted by molar-refractivity contribution is -0.114. The molecule has 8 heteroatoms. The number of carbonyl (C=O) groups is 2. The number of rotatable bonds is 5.